The molecule has 2 unspecified atom stereocenters. The molecule has 0 aliphatic heterocycles. The summed E-state index contributed by atoms with van der Waals surface area (Å²) >= 11 is 0. The van der Waals surface area contributed by atoms with E-state index in [0.29, 0.717) is 0 Å². The Morgan fingerprint density at radius 1 is 1.00 bits per heavy atom. The maximum absolute atomic E-state index is 10.6. The molecule has 0 aromatic rings. The van der Waals surface area contributed by atoms with E-state index in [1.54, 1.807) is 0 Å². The topological polar surface area (TPSA) is 127 Å². The predicted octanol–water partition coefficient (Wildman–Crippen LogP) is -2.83. The van der Waals surface area contributed by atoms with Gasteiger partial charge in [0.25, 0.3) is 0 Å². The molecule has 0 rings (SSSR count). The van der Waals surface area contributed by atoms with Crippen LogP contribution in [0.2, 0.25) is 0 Å². The summed E-state index contributed by atoms with van der Waals surface area (Å²) in [6.07, 6.45) is 0. The summed E-state index contributed by atoms with van der Waals surface area (Å²) in [5.41, 5.74) is 9.69. The summed E-state index contributed by atoms with van der Waals surface area (Å²) in [5, 5.41) is 17.3. The first-order valence-electron chi connectivity index (χ1n) is 3.35. The van der Waals surface area contributed by atoms with Crippen molar-refractivity contribution in [3.63, 3.8) is 0 Å². The predicted molar refractivity (Wildman–Crippen MR) is 39.5 cm³/mol. The van der Waals surface area contributed by atoms with Gasteiger partial charge in [-0.3, -0.25) is 9.59 Å². The van der Waals surface area contributed by atoms with Crippen molar-refractivity contribution in [1.82, 2.24) is 0 Å². The van der Waals surface area contributed by atoms with Crippen LogP contribution >= 0.6 is 0 Å². The number of hydrogen-bond acceptors (Lipinski definition) is 4. The van der Waals surface area contributed by atoms with Crippen molar-refractivity contribution in [2.45, 2.75) is 0 Å². The fourth-order valence-electron chi connectivity index (χ4n) is 0.831. The number of hydrogen-bond donors (Lipinski definition) is 4. The lowest BCUT2D eigenvalue weighted by molar-refractivity contribution is -0.134. The molecule has 0 spiro atoms. The van der Waals surface area contributed by atoms with Crippen molar-refractivity contribution in [3.8, 4) is 0 Å². The van der Waals surface area contributed by atoms with Crippen LogP contribution in [0.1, 0.15) is 0 Å². The molecule has 0 aromatic heterocycles. The highest BCUT2D eigenvalue weighted by atomic mass is 16.3. The Morgan fingerprint density at radius 3 is 1.33 bits per heavy atom. The largest absolute Gasteiger partial charge is 0.396 e. The Morgan fingerprint density at radius 2 is 1.25 bits per heavy atom. The Labute approximate surface area is 69.2 Å². The van der Waals surface area contributed by atoms with Gasteiger partial charge in [-0.25, -0.2) is 0 Å². The average molecular weight is 176 g/mol. The molecule has 0 aliphatic rings. The molecule has 6 heteroatoms. The third-order valence-corrected chi connectivity index (χ3v) is 1.61. The zero-order valence-electron chi connectivity index (χ0n) is 6.43. The Bertz CT molecular complexity index is 162. The van der Waals surface area contributed by atoms with Gasteiger partial charge in [0.2, 0.25) is 11.8 Å². The van der Waals surface area contributed by atoms with E-state index in [4.69, 9.17) is 21.7 Å². The normalized spacial score (nSPS) is 15.2. The van der Waals surface area contributed by atoms with Gasteiger partial charge in [-0.05, 0) is 0 Å². The molecule has 2 atom stereocenters. The van der Waals surface area contributed by atoms with Crippen molar-refractivity contribution in [2.24, 2.45) is 23.3 Å². The van der Waals surface area contributed by atoms with Gasteiger partial charge in [0.15, 0.2) is 0 Å². The molecule has 12 heavy (non-hydrogen) atoms. The van der Waals surface area contributed by atoms with Crippen LogP contribution in [0, 0.1) is 11.8 Å². The van der Waals surface area contributed by atoms with E-state index in [9.17, 15) is 9.59 Å². The second-order valence-electron chi connectivity index (χ2n) is 2.38. The number of aliphatic hydroxyl groups is 2. The van der Waals surface area contributed by atoms with Gasteiger partial charge < -0.3 is 21.7 Å². The number of primary amides is 2. The van der Waals surface area contributed by atoms with Crippen molar-refractivity contribution < 1.29 is 19.8 Å². The van der Waals surface area contributed by atoms with Crippen LogP contribution < -0.4 is 11.5 Å². The van der Waals surface area contributed by atoms with Crippen molar-refractivity contribution in [2.75, 3.05) is 13.2 Å². The molecule has 2 amide bonds. The minimum atomic E-state index is -1.10. The number of carbonyl (C=O) groups excluding carboxylic acids is 2. The summed E-state index contributed by atoms with van der Waals surface area (Å²) in [7, 11) is 0. The molecule has 0 heterocycles. The molecule has 0 aliphatic carbocycles. The lowest BCUT2D eigenvalue weighted by Gasteiger charge is -2.17. The minimum Gasteiger partial charge on any atom is -0.396 e. The molecule has 0 radical (unpaired) electrons. The van der Waals surface area contributed by atoms with E-state index in [2.05, 4.69) is 0 Å². The fourth-order valence-corrected chi connectivity index (χ4v) is 0.831. The molecule has 6 nitrogen and oxygen atoms in total. The van der Waals surface area contributed by atoms with Crippen LogP contribution in [0.25, 0.3) is 0 Å². The van der Waals surface area contributed by atoms with Crippen LogP contribution in [-0.2, 0) is 9.59 Å². The summed E-state index contributed by atoms with van der Waals surface area (Å²) in [6.45, 7) is -1.19. The lowest BCUT2D eigenvalue weighted by atomic mass is 9.92. The lowest BCUT2D eigenvalue weighted by Crippen LogP contribution is -2.41. The van der Waals surface area contributed by atoms with E-state index in [1.807, 2.05) is 0 Å². The summed E-state index contributed by atoms with van der Waals surface area (Å²) in [5.74, 6) is -3.91. The van der Waals surface area contributed by atoms with E-state index in [-0.39, 0.29) is 0 Å². The van der Waals surface area contributed by atoms with Gasteiger partial charge in [-0.15, -0.1) is 0 Å². The molecular formula is C6H12N2O4. The van der Waals surface area contributed by atoms with Gasteiger partial charge in [0.05, 0.1) is 25.0 Å². The van der Waals surface area contributed by atoms with Gasteiger partial charge >= 0.3 is 0 Å². The number of aliphatic hydroxyl groups excluding tert-OH is 2. The van der Waals surface area contributed by atoms with Crippen LogP contribution in [0.5, 0.6) is 0 Å². The standard InChI is InChI=1S/C6H12N2O4/c7-5(11)3(1-9)4(2-10)6(8)12/h3-4,9-10H,1-2H2,(H2,7,11)(H2,8,12). The maximum Gasteiger partial charge on any atom is 0.223 e. The SMILES string of the molecule is NC(=O)C(CO)C(CO)C(N)=O. The van der Waals surface area contributed by atoms with E-state index in [1.165, 1.54) is 0 Å². The van der Waals surface area contributed by atoms with Crippen LogP contribution in [0.4, 0.5) is 0 Å². The quantitative estimate of drug-likeness (QED) is 0.360. The first kappa shape index (κ1) is 10.9. The first-order chi connectivity index (χ1) is 5.54. The zero-order chi connectivity index (χ0) is 9.72. The second-order valence-corrected chi connectivity index (χ2v) is 2.38. The van der Waals surface area contributed by atoms with Gasteiger partial charge in [-0.2, -0.15) is 0 Å². The highest BCUT2D eigenvalue weighted by Crippen LogP contribution is 2.09. The third-order valence-electron chi connectivity index (χ3n) is 1.61. The Balaban J connectivity index is 4.44. The smallest absolute Gasteiger partial charge is 0.223 e. The molecule has 0 saturated carbocycles. The summed E-state index contributed by atoms with van der Waals surface area (Å²) in [6, 6.07) is 0. The van der Waals surface area contributed by atoms with Gasteiger partial charge in [0, 0.05) is 0 Å². The molecular weight excluding hydrogens is 164 g/mol. The monoisotopic (exact) mass is 176 g/mol. The Kier molecular flexibility index (Phi) is 4.24. The summed E-state index contributed by atoms with van der Waals surface area (Å²) in [4.78, 5) is 21.2. The Hall–Kier alpha value is -1.14. The van der Waals surface area contributed by atoms with Crippen molar-refractivity contribution >= 4 is 11.8 Å². The zero-order valence-corrected chi connectivity index (χ0v) is 6.43. The molecule has 70 valence electrons. The van der Waals surface area contributed by atoms with Crippen molar-refractivity contribution in [3.05, 3.63) is 0 Å². The van der Waals surface area contributed by atoms with Crippen LogP contribution in [-0.4, -0.2) is 35.2 Å². The first-order valence-corrected chi connectivity index (χ1v) is 3.35. The second kappa shape index (κ2) is 4.68. The average Bonchev–Trinajstić information content (AvgIpc) is 1.98. The molecule has 0 bridgehead atoms. The molecule has 6 N–H and O–H groups in total. The van der Waals surface area contributed by atoms with Gasteiger partial charge in [0.1, 0.15) is 0 Å². The molecule has 0 aromatic carbocycles. The number of carbonyl (C=O) groups is 2. The third kappa shape index (κ3) is 2.48. The molecule has 0 saturated heterocycles. The van der Waals surface area contributed by atoms with E-state index in [0.717, 1.165) is 0 Å². The van der Waals surface area contributed by atoms with Crippen LogP contribution in [0.15, 0.2) is 0 Å². The number of nitrogens with two attached hydrogens (primary N) is 2. The van der Waals surface area contributed by atoms with E-state index >= 15 is 0 Å². The number of amides is 2. The molecule has 0 fully saturated rings. The van der Waals surface area contributed by atoms with E-state index < -0.39 is 36.9 Å². The fraction of sp³-hybridized carbons (Fsp3) is 0.667. The minimum absolute atomic E-state index is 0.594. The summed E-state index contributed by atoms with van der Waals surface area (Å²) < 4.78 is 0. The number of rotatable bonds is 5. The van der Waals surface area contributed by atoms with Crippen LogP contribution in [0.3, 0.4) is 0 Å². The van der Waals surface area contributed by atoms with Crippen molar-refractivity contribution in [1.29, 1.82) is 0 Å². The van der Waals surface area contributed by atoms with Gasteiger partial charge in [-0.1, -0.05) is 0 Å². The highest BCUT2D eigenvalue weighted by Gasteiger charge is 2.29. The highest BCUT2D eigenvalue weighted by molar-refractivity contribution is 5.86. The maximum atomic E-state index is 10.6.